The third kappa shape index (κ3) is 8.47. The predicted molar refractivity (Wildman–Crippen MR) is 240 cm³/mol. The lowest BCUT2D eigenvalue weighted by Crippen LogP contribution is -2.19. The van der Waals surface area contributed by atoms with Gasteiger partial charge in [-0.3, -0.25) is 0 Å². The molecule has 0 spiro atoms. The van der Waals surface area contributed by atoms with Crippen LogP contribution < -0.4 is 16.4 Å². The van der Waals surface area contributed by atoms with Crippen LogP contribution in [-0.2, 0) is 6.42 Å². The highest BCUT2D eigenvalue weighted by atomic mass is 15.1. The van der Waals surface area contributed by atoms with Crippen molar-refractivity contribution in [3.8, 4) is 0 Å². The molecule has 0 bridgehead atoms. The molecule has 0 saturated carbocycles. The molecule has 0 saturated heterocycles. The Bertz CT molecular complexity index is 2450. The molecule has 276 valence electrons. The third-order valence-electron chi connectivity index (χ3n) is 9.77. The lowest BCUT2D eigenvalue weighted by atomic mass is 9.90. The summed E-state index contributed by atoms with van der Waals surface area (Å²) < 4.78 is 2.48. The maximum Gasteiger partial charge on any atom is 0.0792 e. The van der Waals surface area contributed by atoms with Crippen molar-refractivity contribution in [3.63, 3.8) is 0 Å². The van der Waals surface area contributed by atoms with E-state index in [4.69, 9.17) is 11.5 Å². The highest BCUT2D eigenvalue weighted by molar-refractivity contribution is 6.28. The average molecular weight is 721 g/mol. The Kier molecular flexibility index (Phi) is 13.1. The van der Waals surface area contributed by atoms with Crippen molar-refractivity contribution in [2.75, 3.05) is 4.90 Å². The average Bonchev–Trinajstić information content (AvgIpc) is 3.58. The Balaban J connectivity index is 0.000000408. The van der Waals surface area contributed by atoms with Gasteiger partial charge in [0.25, 0.3) is 0 Å². The summed E-state index contributed by atoms with van der Waals surface area (Å²) in [5.74, 6) is 0. The monoisotopic (exact) mass is 720 g/mol. The van der Waals surface area contributed by atoms with Gasteiger partial charge >= 0.3 is 0 Å². The van der Waals surface area contributed by atoms with Crippen LogP contribution in [0.1, 0.15) is 56.0 Å². The Labute approximate surface area is 326 Å². The van der Waals surface area contributed by atoms with Crippen LogP contribution in [-0.4, -0.2) is 4.57 Å². The number of aromatic nitrogens is 1. The van der Waals surface area contributed by atoms with Crippen molar-refractivity contribution in [1.29, 1.82) is 0 Å². The molecule has 0 unspecified atom stereocenters. The number of para-hydroxylation sites is 2. The van der Waals surface area contributed by atoms with Crippen LogP contribution in [0.5, 0.6) is 0 Å². The zero-order valence-electron chi connectivity index (χ0n) is 32.1. The van der Waals surface area contributed by atoms with Gasteiger partial charge in [-0.25, -0.2) is 0 Å². The fourth-order valence-electron chi connectivity index (χ4n) is 7.32. The molecule has 4 N–H and O–H groups in total. The normalized spacial score (nSPS) is 13.5. The Morgan fingerprint density at radius 3 is 1.98 bits per heavy atom. The van der Waals surface area contributed by atoms with Crippen LogP contribution >= 0.6 is 0 Å². The molecule has 4 heteroatoms. The molecule has 8 rings (SSSR count). The quantitative estimate of drug-likeness (QED) is 0.0933. The second-order valence-corrected chi connectivity index (χ2v) is 13.3. The van der Waals surface area contributed by atoms with Crippen LogP contribution in [0.4, 0.5) is 11.4 Å². The number of allylic oxidation sites excluding steroid dienone is 7. The number of benzene rings is 6. The van der Waals surface area contributed by atoms with Crippen molar-refractivity contribution in [3.05, 3.63) is 206 Å². The second-order valence-electron chi connectivity index (χ2n) is 13.3. The topological polar surface area (TPSA) is 60.2 Å². The molecule has 2 heterocycles. The van der Waals surface area contributed by atoms with E-state index in [2.05, 4.69) is 162 Å². The molecule has 55 heavy (non-hydrogen) atoms. The van der Waals surface area contributed by atoms with E-state index in [0.717, 1.165) is 42.5 Å². The van der Waals surface area contributed by atoms with E-state index in [1.807, 2.05) is 50.3 Å². The van der Waals surface area contributed by atoms with E-state index in [1.165, 1.54) is 55.1 Å². The number of rotatable bonds is 8. The van der Waals surface area contributed by atoms with Crippen molar-refractivity contribution in [2.24, 2.45) is 11.5 Å². The molecule has 1 aliphatic rings. The fraction of sp³-hybridized carbons (Fsp3) is 0.137. The maximum absolute atomic E-state index is 5.39. The maximum atomic E-state index is 5.39. The summed E-state index contributed by atoms with van der Waals surface area (Å²) in [6.07, 6.45) is 16.4. The molecule has 0 fully saturated rings. The first-order valence-electron chi connectivity index (χ1n) is 19.3. The third-order valence-corrected chi connectivity index (χ3v) is 9.77. The molecule has 7 aromatic rings. The summed E-state index contributed by atoms with van der Waals surface area (Å²) in [5, 5.41) is 5.01. The zero-order valence-corrected chi connectivity index (χ0v) is 32.1. The molecule has 0 radical (unpaired) electrons. The van der Waals surface area contributed by atoms with E-state index in [9.17, 15) is 0 Å². The molecule has 0 amide bonds. The molecular formula is C51H52N4. The summed E-state index contributed by atoms with van der Waals surface area (Å²) in [7, 11) is 0. The zero-order chi connectivity index (χ0) is 38.6. The minimum absolute atomic E-state index is 0.341. The number of fused-ring (bicyclic) bond motifs is 8. The molecule has 6 aromatic carbocycles. The molecule has 1 aromatic heterocycles. The van der Waals surface area contributed by atoms with Crippen LogP contribution in [0.15, 0.2) is 189 Å². The number of hydrogen-bond acceptors (Lipinski definition) is 3. The van der Waals surface area contributed by atoms with Gasteiger partial charge in [0.1, 0.15) is 0 Å². The van der Waals surface area contributed by atoms with Gasteiger partial charge in [0.15, 0.2) is 0 Å². The van der Waals surface area contributed by atoms with Crippen LogP contribution in [0, 0.1) is 0 Å². The first kappa shape index (κ1) is 38.5. The number of nitrogens with zero attached hydrogens (tertiary/aromatic N) is 2. The van der Waals surface area contributed by atoms with E-state index in [1.54, 1.807) is 0 Å². The Hall–Kier alpha value is -6.20. The fourth-order valence-corrected chi connectivity index (χ4v) is 7.32. The summed E-state index contributed by atoms with van der Waals surface area (Å²) in [6.45, 7) is 12.8. The highest BCUT2D eigenvalue weighted by Gasteiger charge is 2.27. The largest absolute Gasteiger partial charge is 0.315 e. The number of nitrogens with two attached hydrogens (primary N) is 2. The van der Waals surface area contributed by atoms with Crippen LogP contribution in [0.25, 0.3) is 43.8 Å². The van der Waals surface area contributed by atoms with Gasteiger partial charge in [0.05, 0.1) is 22.9 Å². The minimum atomic E-state index is -0.341. The Morgan fingerprint density at radius 1 is 0.727 bits per heavy atom. The van der Waals surface area contributed by atoms with Crippen molar-refractivity contribution in [2.45, 2.75) is 45.7 Å². The minimum Gasteiger partial charge on any atom is -0.315 e. The lowest BCUT2D eigenvalue weighted by molar-refractivity contribution is 0.774. The van der Waals surface area contributed by atoms with Crippen molar-refractivity contribution in [1.82, 2.24) is 4.57 Å². The molecule has 0 aliphatic carbocycles. The van der Waals surface area contributed by atoms with Gasteiger partial charge in [0, 0.05) is 40.3 Å². The lowest BCUT2D eigenvalue weighted by Gasteiger charge is -2.29. The summed E-state index contributed by atoms with van der Waals surface area (Å²) >= 11 is 0. The molecule has 0 atom stereocenters. The standard InChI is InChI=1S/C42H36N2.C7H10N2.C2H6/c1-3-18-34(25-11-10-22-32-20-6-4-7-21-32)44-38-29-15-14-28-37(38)40-36-27-13-12-26-35(36)39-31(2)19-16-17-30-43(41(39)42(40)44)33-23-8-5-9-24-33;8-7(9)6-4-2-1-3-5-6;1-2/h3-15,17-18,20-21,23-24,26-30H,1-2,16,19,22,25H2;1-5,7H,8-9H2;1-2H3/b11-10?,30-17-,34-18+;;. The second kappa shape index (κ2) is 18.7. The predicted octanol–water partition coefficient (Wildman–Crippen LogP) is 13.3. The van der Waals surface area contributed by atoms with E-state index >= 15 is 0 Å². The Morgan fingerprint density at radius 2 is 1.33 bits per heavy atom. The van der Waals surface area contributed by atoms with Gasteiger partial charge in [-0.1, -0.05) is 173 Å². The van der Waals surface area contributed by atoms with Gasteiger partial charge in [-0.05, 0) is 71.0 Å². The molecular weight excluding hydrogens is 669 g/mol. The first-order valence-corrected chi connectivity index (χ1v) is 19.3. The molecule has 1 aliphatic heterocycles. The number of hydrogen-bond donors (Lipinski definition) is 2. The van der Waals surface area contributed by atoms with E-state index in [-0.39, 0.29) is 6.17 Å². The van der Waals surface area contributed by atoms with Crippen LogP contribution in [0.2, 0.25) is 0 Å². The van der Waals surface area contributed by atoms with Crippen molar-refractivity contribution >= 4 is 55.2 Å². The summed E-state index contributed by atoms with van der Waals surface area (Å²) in [6, 6.07) is 48.6. The van der Waals surface area contributed by atoms with Crippen molar-refractivity contribution < 1.29 is 0 Å². The highest BCUT2D eigenvalue weighted by Crippen LogP contribution is 2.50. The SMILES string of the molecule is C=C/C=C(\CC=CCc1ccccc1)n1c2ccccc2c2c3ccccc3c3c(c21)N(c1ccccc1)/C=C\CCC3=C.CC.NC(N)c1ccccc1. The van der Waals surface area contributed by atoms with Crippen LogP contribution in [0.3, 0.4) is 0 Å². The van der Waals surface area contributed by atoms with Gasteiger partial charge in [0.2, 0.25) is 0 Å². The molecule has 4 nitrogen and oxygen atoms in total. The van der Waals surface area contributed by atoms with E-state index < -0.39 is 0 Å². The summed E-state index contributed by atoms with van der Waals surface area (Å²) in [5.41, 5.74) is 21.3. The van der Waals surface area contributed by atoms with Gasteiger partial charge < -0.3 is 20.9 Å². The van der Waals surface area contributed by atoms with E-state index in [0.29, 0.717) is 0 Å². The first-order chi connectivity index (χ1) is 27.1. The van der Waals surface area contributed by atoms with Gasteiger partial charge in [-0.2, -0.15) is 0 Å². The number of anilines is 2. The van der Waals surface area contributed by atoms with Gasteiger partial charge in [-0.15, -0.1) is 0 Å². The summed E-state index contributed by atoms with van der Waals surface area (Å²) in [4.78, 5) is 2.38. The smallest absolute Gasteiger partial charge is 0.0792 e.